The van der Waals surface area contributed by atoms with E-state index in [9.17, 15) is 5.11 Å². The van der Waals surface area contributed by atoms with E-state index in [1.807, 2.05) is 36.4 Å². The molecule has 1 aliphatic rings. The first-order chi connectivity index (χ1) is 11.7. The molecule has 1 aromatic heterocycles. The molecule has 4 rings (SSSR count). The molecule has 3 N–H and O–H groups in total. The highest BCUT2D eigenvalue weighted by atomic mass is 35.5. The molecule has 4 heteroatoms. The van der Waals surface area contributed by atoms with Gasteiger partial charge in [-0.3, -0.25) is 0 Å². The first-order valence-corrected chi connectivity index (χ1v) is 8.90. The summed E-state index contributed by atoms with van der Waals surface area (Å²) in [6.07, 6.45) is 5.05. The zero-order chi connectivity index (χ0) is 16.5. The van der Waals surface area contributed by atoms with Gasteiger partial charge in [0.1, 0.15) is 0 Å². The van der Waals surface area contributed by atoms with Gasteiger partial charge in [-0.1, -0.05) is 48.7 Å². The van der Waals surface area contributed by atoms with Crippen LogP contribution in [0.3, 0.4) is 0 Å². The SMILES string of the molecule is OCc1ccc(-c2cc3cc(Cl)cc(NC4CCCC4)c3[nH]2)cc1. The third-order valence-electron chi connectivity index (χ3n) is 4.86. The minimum absolute atomic E-state index is 0.0675. The van der Waals surface area contributed by atoms with E-state index in [1.54, 1.807) is 0 Å². The Balaban J connectivity index is 1.73. The lowest BCUT2D eigenvalue weighted by Crippen LogP contribution is -2.14. The second-order valence-electron chi connectivity index (χ2n) is 6.58. The number of hydrogen-bond donors (Lipinski definition) is 3. The zero-order valence-corrected chi connectivity index (χ0v) is 14.2. The predicted molar refractivity (Wildman–Crippen MR) is 101 cm³/mol. The van der Waals surface area contributed by atoms with E-state index in [4.69, 9.17) is 11.6 Å². The van der Waals surface area contributed by atoms with Crippen LogP contribution in [-0.4, -0.2) is 16.1 Å². The molecule has 3 nitrogen and oxygen atoms in total. The van der Waals surface area contributed by atoms with E-state index in [-0.39, 0.29) is 6.61 Å². The molecule has 1 aliphatic carbocycles. The van der Waals surface area contributed by atoms with Gasteiger partial charge in [-0.25, -0.2) is 0 Å². The maximum absolute atomic E-state index is 9.19. The smallest absolute Gasteiger partial charge is 0.0695 e. The number of H-pyrrole nitrogens is 1. The van der Waals surface area contributed by atoms with Gasteiger partial charge in [0.15, 0.2) is 0 Å². The fourth-order valence-corrected chi connectivity index (χ4v) is 3.78. The van der Waals surface area contributed by atoms with Crippen LogP contribution >= 0.6 is 11.6 Å². The third-order valence-corrected chi connectivity index (χ3v) is 5.07. The Labute approximate surface area is 146 Å². The molecule has 1 heterocycles. The summed E-state index contributed by atoms with van der Waals surface area (Å²) in [5.41, 5.74) is 5.27. The maximum atomic E-state index is 9.19. The molecule has 0 aliphatic heterocycles. The minimum atomic E-state index is 0.0675. The summed E-state index contributed by atoms with van der Waals surface area (Å²) in [6.45, 7) is 0.0675. The molecule has 1 fully saturated rings. The average molecular weight is 341 g/mol. The summed E-state index contributed by atoms with van der Waals surface area (Å²) < 4.78 is 0. The summed E-state index contributed by atoms with van der Waals surface area (Å²) >= 11 is 6.32. The van der Waals surface area contributed by atoms with Crippen LogP contribution < -0.4 is 5.32 Å². The van der Waals surface area contributed by atoms with Crippen molar-refractivity contribution in [2.45, 2.75) is 38.3 Å². The summed E-state index contributed by atoms with van der Waals surface area (Å²) in [5, 5.41) is 14.7. The van der Waals surface area contributed by atoms with E-state index >= 15 is 0 Å². The number of aliphatic hydroxyl groups is 1. The number of rotatable bonds is 4. The van der Waals surface area contributed by atoms with E-state index < -0.39 is 0 Å². The van der Waals surface area contributed by atoms with E-state index in [0.717, 1.165) is 38.4 Å². The molecular weight excluding hydrogens is 320 g/mol. The van der Waals surface area contributed by atoms with Crippen LogP contribution in [0.4, 0.5) is 5.69 Å². The number of anilines is 1. The molecule has 124 valence electrons. The van der Waals surface area contributed by atoms with Crippen molar-refractivity contribution in [3.05, 3.63) is 53.1 Å². The highest BCUT2D eigenvalue weighted by molar-refractivity contribution is 6.32. The Bertz CT molecular complexity index is 848. The summed E-state index contributed by atoms with van der Waals surface area (Å²) in [7, 11) is 0. The number of nitrogens with one attached hydrogen (secondary N) is 2. The second-order valence-corrected chi connectivity index (χ2v) is 7.02. The molecule has 0 spiro atoms. The van der Waals surface area contributed by atoms with Gasteiger partial charge in [0, 0.05) is 22.1 Å². The molecule has 24 heavy (non-hydrogen) atoms. The van der Waals surface area contributed by atoms with Gasteiger partial charge >= 0.3 is 0 Å². The standard InChI is InChI=1S/C20H21ClN2O/c21-16-9-15-10-18(14-7-5-13(12-24)6-8-14)23-20(15)19(11-16)22-17-3-1-2-4-17/h5-11,17,22-24H,1-4,12H2. The molecule has 0 amide bonds. The molecule has 1 saturated carbocycles. The first-order valence-electron chi connectivity index (χ1n) is 8.52. The first kappa shape index (κ1) is 15.6. The number of benzene rings is 2. The van der Waals surface area contributed by atoms with Gasteiger partial charge in [0.2, 0.25) is 0 Å². The van der Waals surface area contributed by atoms with Gasteiger partial charge in [-0.05, 0) is 42.2 Å². The van der Waals surface area contributed by atoms with Crippen molar-refractivity contribution < 1.29 is 5.11 Å². The second kappa shape index (κ2) is 6.50. The Morgan fingerprint density at radius 1 is 1.08 bits per heavy atom. The lowest BCUT2D eigenvalue weighted by molar-refractivity contribution is 0.282. The largest absolute Gasteiger partial charge is 0.392 e. The lowest BCUT2D eigenvalue weighted by atomic mass is 10.1. The van der Waals surface area contributed by atoms with Crippen LogP contribution in [-0.2, 0) is 6.61 Å². The topological polar surface area (TPSA) is 48.0 Å². The van der Waals surface area contributed by atoms with Crippen LogP contribution in [0.2, 0.25) is 5.02 Å². The zero-order valence-electron chi connectivity index (χ0n) is 13.5. The van der Waals surface area contributed by atoms with Crippen molar-refractivity contribution in [1.29, 1.82) is 0 Å². The monoisotopic (exact) mass is 340 g/mol. The number of fused-ring (bicyclic) bond motifs is 1. The Kier molecular flexibility index (Phi) is 4.21. The lowest BCUT2D eigenvalue weighted by Gasteiger charge is -2.14. The molecule has 0 atom stereocenters. The van der Waals surface area contributed by atoms with Crippen LogP contribution in [0.25, 0.3) is 22.2 Å². The molecular formula is C20H21ClN2O. The Hall–Kier alpha value is -1.97. The number of hydrogen-bond acceptors (Lipinski definition) is 2. The Morgan fingerprint density at radius 3 is 2.54 bits per heavy atom. The van der Waals surface area contributed by atoms with Crippen molar-refractivity contribution in [3.63, 3.8) is 0 Å². The highest BCUT2D eigenvalue weighted by Crippen LogP contribution is 2.33. The molecule has 2 aromatic carbocycles. The van der Waals surface area contributed by atoms with Gasteiger partial charge < -0.3 is 15.4 Å². The molecule has 0 saturated heterocycles. The maximum Gasteiger partial charge on any atom is 0.0695 e. The fourth-order valence-electron chi connectivity index (χ4n) is 3.56. The molecule has 3 aromatic rings. The number of aromatic nitrogens is 1. The average Bonchev–Trinajstić information content (AvgIpc) is 3.24. The summed E-state index contributed by atoms with van der Waals surface area (Å²) in [4.78, 5) is 3.54. The van der Waals surface area contributed by atoms with Crippen molar-refractivity contribution in [1.82, 2.24) is 4.98 Å². The van der Waals surface area contributed by atoms with Crippen molar-refractivity contribution in [2.75, 3.05) is 5.32 Å². The van der Waals surface area contributed by atoms with Crippen LogP contribution in [0, 0.1) is 0 Å². The van der Waals surface area contributed by atoms with E-state index in [1.165, 1.54) is 25.7 Å². The van der Waals surface area contributed by atoms with Gasteiger partial charge in [-0.15, -0.1) is 0 Å². The van der Waals surface area contributed by atoms with Crippen LogP contribution in [0.5, 0.6) is 0 Å². The van der Waals surface area contributed by atoms with Crippen molar-refractivity contribution in [3.8, 4) is 11.3 Å². The van der Waals surface area contributed by atoms with E-state index in [0.29, 0.717) is 6.04 Å². The molecule has 0 radical (unpaired) electrons. The predicted octanol–water partition coefficient (Wildman–Crippen LogP) is 5.34. The van der Waals surface area contributed by atoms with Crippen LogP contribution in [0.15, 0.2) is 42.5 Å². The Morgan fingerprint density at radius 2 is 1.83 bits per heavy atom. The molecule has 0 bridgehead atoms. The van der Waals surface area contributed by atoms with E-state index in [2.05, 4.69) is 16.4 Å². The van der Waals surface area contributed by atoms with Crippen molar-refractivity contribution >= 4 is 28.2 Å². The van der Waals surface area contributed by atoms with Gasteiger partial charge in [-0.2, -0.15) is 0 Å². The highest BCUT2D eigenvalue weighted by Gasteiger charge is 2.17. The minimum Gasteiger partial charge on any atom is -0.392 e. The number of halogens is 1. The normalized spacial score (nSPS) is 15.2. The van der Waals surface area contributed by atoms with Crippen LogP contribution in [0.1, 0.15) is 31.2 Å². The van der Waals surface area contributed by atoms with Gasteiger partial charge in [0.25, 0.3) is 0 Å². The molecule has 0 unspecified atom stereocenters. The summed E-state index contributed by atoms with van der Waals surface area (Å²) in [6, 6.07) is 14.6. The number of aromatic amines is 1. The summed E-state index contributed by atoms with van der Waals surface area (Å²) in [5.74, 6) is 0. The fraction of sp³-hybridized carbons (Fsp3) is 0.300. The number of aliphatic hydroxyl groups excluding tert-OH is 1. The third kappa shape index (κ3) is 3.02. The quantitative estimate of drug-likeness (QED) is 0.600. The van der Waals surface area contributed by atoms with Gasteiger partial charge in [0.05, 0.1) is 17.8 Å². The van der Waals surface area contributed by atoms with Crippen molar-refractivity contribution in [2.24, 2.45) is 0 Å².